The summed E-state index contributed by atoms with van der Waals surface area (Å²) in [5, 5.41) is 10.9. The highest BCUT2D eigenvalue weighted by Crippen LogP contribution is 2.35. The lowest BCUT2D eigenvalue weighted by molar-refractivity contribution is -0.114. The number of thioether (sulfide) groups is 1. The SMILES string of the molecule is CCCSc1nnc(NC(=O)CN(c2ccc3c(c2)OCCO3)S(=O)(=O)CC)s1. The van der Waals surface area contributed by atoms with Crippen LogP contribution in [0.3, 0.4) is 0 Å². The fourth-order valence-electron chi connectivity index (χ4n) is 2.49. The fraction of sp³-hybridized carbons (Fsp3) is 0.471. The third kappa shape index (κ3) is 5.52. The molecule has 1 amide bonds. The van der Waals surface area contributed by atoms with Crippen molar-refractivity contribution in [2.75, 3.05) is 40.9 Å². The molecule has 0 radical (unpaired) electrons. The first kappa shape index (κ1) is 21.7. The summed E-state index contributed by atoms with van der Waals surface area (Å²) in [6.07, 6.45) is 1.01. The van der Waals surface area contributed by atoms with Crippen LogP contribution < -0.4 is 19.1 Å². The van der Waals surface area contributed by atoms with Crippen LogP contribution in [0.4, 0.5) is 10.8 Å². The third-order valence-electron chi connectivity index (χ3n) is 3.88. The first-order valence-electron chi connectivity index (χ1n) is 9.09. The van der Waals surface area contributed by atoms with E-state index in [9.17, 15) is 13.2 Å². The van der Waals surface area contributed by atoms with Crippen molar-refractivity contribution in [3.8, 4) is 11.5 Å². The molecule has 1 aromatic carbocycles. The summed E-state index contributed by atoms with van der Waals surface area (Å²) in [6.45, 7) is 4.03. The number of amides is 1. The van der Waals surface area contributed by atoms with Crippen LogP contribution in [0.15, 0.2) is 22.5 Å². The van der Waals surface area contributed by atoms with E-state index in [0.717, 1.165) is 20.8 Å². The quantitative estimate of drug-likeness (QED) is 0.451. The number of anilines is 2. The predicted octanol–water partition coefficient (Wildman–Crippen LogP) is 2.61. The molecule has 29 heavy (non-hydrogen) atoms. The molecule has 1 N–H and O–H groups in total. The van der Waals surface area contributed by atoms with Gasteiger partial charge in [-0.25, -0.2) is 8.42 Å². The van der Waals surface area contributed by atoms with E-state index in [0.29, 0.717) is 35.5 Å². The van der Waals surface area contributed by atoms with Crippen molar-refractivity contribution in [1.82, 2.24) is 10.2 Å². The van der Waals surface area contributed by atoms with E-state index in [1.165, 1.54) is 18.3 Å². The molecule has 3 rings (SSSR count). The van der Waals surface area contributed by atoms with Gasteiger partial charge in [-0.05, 0) is 25.5 Å². The highest BCUT2D eigenvalue weighted by Gasteiger charge is 2.26. The third-order valence-corrected chi connectivity index (χ3v) is 7.80. The van der Waals surface area contributed by atoms with Crippen LogP contribution in [0.5, 0.6) is 11.5 Å². The Bertz CT molecular complexity index is 964. The lowest BCUT2D eigenvalue weighted by atomic mass is 10.2. The van der Waals surface area contributed by atoms with Gasteiger partial charge in [0.2, 0.25) is 21.1 Å². The van der Waals surface area contributed by atoms with Crippen molar-refractivity contribution in [1.29, 1.82) is 0 Å². The molecule has 0 unspecified atom stereocenters. The maximum absolute atomic E-state index is 12.6. The Labute approximate surface area is 177 Å². The van der Waals surface area contributed by atoms with Gasteiger partial charge in [0, 0.05) is 11.8 Å². The lowest BCUT2D eigenvalue weighted by Crippen LogP contribution is -2.39. The summed E-state index contributed by atoms with van der Waals surface area (Å²) in [5.41, 5.74) is 0.336. The van der Waals surface area contributed by atoms with Gasteiger partial charge in [0.05, 0.1) is 11.4 Å². The van der Waals surface area contributed by atoms with Gasteiger partial charge >= 0.3 is 0 Å². The molecule has 0 saturated heterocycles. The van der Waals surface area contributed by atoms with E-state index in [1.54, 1.807) is 30.0 Å². The Morgan fingerprint density at radius 3 is 2.72 bits per heavy atom. The molecule has 1 aliphatic rings. The minimum atomic E-state index is -3.69. The maximum Gasteiger partial charge on any atom is 0.246 e. The van der Waals surface area contributed by atoms with Crippen LogP contribution in [-0.2, 0) is 14.8 Å². The molecular weight excluding hydrogens is 436 g/mol. The van der Waals surface area contributed by atoms with Gasteiger partial charge < -0.3 is 9.47 Å². The smallest absolute Gasteiger partial charge is 0.246 e. The van der Waals surface area contributed by atoms with Crippen molar-refractivity contribution in [3.63, 3.8) is 0 Å². The van der Waals surface area contributed by atoms with Gasteiger partial charge in [0.25, 0.3) is 0 Å². The van der Waals surface area contributed by atoms with Crippen molar-refractivity contribution < 1.29 is 22.7 Å². The second-order valence-corrected chi connectivity index (χ2v) is 10.5. The Hall–Kier alpha value is -2.05. The Morgan fingerprint density at radius 2 is 2.00 bits per heavy atom. The van der Waals surface area contributed by atoms with Crippen molar-refractivity contribution in [2.45, 2.75) is 24.6 Å². The van der Waals surface area contributed by atoms with E-state index in [2.05, 4.69) is 22.4 Å². The number of fused-ring (bicyclic) bond motifs is 1. The molecule has 1 aliphatic heterocycles. The number of nitrogens with one attached hydrogen (secondary N) is 1. The molecule has 0 spiro atoms. The standard InChI is InChI=1S/C17H22N4O5S3/c1-3-9-27-17-20-19-16(28-17)18-15(22)11-21(29(23,24)4-2)12-5-6-13-14(10-12)26-8-7-25-13/h5-6,10H,3-4,7-9,11H2,1-2H3,(H,18,19,22). The summed E-state index contributed by atoms with van der Waals surface area (Å²) in [5.74, 6) is 1.26. The molecule has 2 heterocycles. The van der Waals surface area contributed by atoms with E-state index in [-0.39, 0.29) is 12.3 Å². The second kappa shape index (κ2) is 9.63. The summed E-state index contributed by atoms with van der Waals surface area (Å²) in [6, 6.07) is 4.81. The molecule has 0 aliphatic carbocycles. The number of rotatable bonds is 9. The number of ether oxygens (including phenoxy) is 2. The topological polar surface area (TPSA) is 111 Å². The average Bonchev–Trinajstić information content (AvgIpc) is 3.17. The zero-order chi connectivity index (χ0) is 20.9. The highest BCUT2D eigenvalue weighted by molar-refractivity contribution is 8.01. The normalized spacial score (nSPS) is 13.2. The minimum Gasteiger partial charge on any atom is -0.486 e. The lowest BCUT2D eigenvalue weighted by Gasteiger charge is -2.25. The van der Waals surface area contributed by atoms with E-state index >= 15 is 0 Å². The first-order chi connectivity index (χ1) is 13.9. The van der Waals surface area contributed by atoms with Crippen molar-refractivity contribution >= 4 is 49.8 Å². The summed E-state index contributed by atoms with van der Waals surface area (Å²) < 4.78 is 38.1. The summed E-state index contributed by atoms with van der Waals surface area (Å²) in [4.78, 5) is 12.5. The highest BCUT2D eigenvalue weighted by atomic mass is 32.2. The average molecular weight is 459 g/mol. The summed E-state index contributed by atoms with van der Waals surface area (Å²) in [7, 11) is -3.69. The second-order valence-electron chi connectivity index (χ2n) is 6.00. The molecular formula is C17H22N4O5S3. The number of hydrogen-bond donors (Lipinski definition) is 1. The van der Waals surface area contributed by atoms with Crippen LogP contribution >= 0.6 is 23.1 Å². The van der Waals surface area contributed by atoms with Crippen LogP contribution in [-0.4, -0.2) is 55.8 Å². The number of hydrogen-bond acceptors (Lipinski definition) is 9. The molecule has 12 heteroatoms. The van der Waals surface area contributed by atoms with Crippen LogP contribution in [0.1, 0.15) is 20.3 Å². The van der Waals surface area contributed by atoms with Crippen LogP contribution in [0.2, 0.25) is 0 Å². The summed E-state index contributed by atoms with van der Waals surface area (Å²) >= 11 is 2.82. The molecule has 2 aromatic rings. The number of carbonyl (C=O) groups is 1. The Morgan fingerprint density at radius 1 is 1.24 bits per heavy atom. The monoisotopic (exact) mass is 458 g/mol. The Kier molecular flexibility index (Phi) is 7.19. The van der Waals surface area contributed by atoms with Gasteiger partial charge in [-0.3, -0.25) is 14.4 Å². The molecule has 0 bridgehead atoms. The number of benzene rings is 1. The van der Waals surface area contributed by atoms with Crippen molar-refractivity contribution in [2.24, 2.45) is 0 Å². The van der Waals surface area contributed by atoms with E-state index < -0.39 is 15.9 Å². The first-order valence-corrected chi connectivity index (χ1v) is 12.5. The molecule has 1 aromatic heterocycles. The minimum absolute atomic E-state index is 0.147. The number of sulfonamides is 1. The van der Waals surface area contributed by atoms with E-state index in [1.807, 2.05) is 0 Å². The maximum atomic E-state index is 12.6. The van der Waals surface area contributed by atoms with Gasteiger partial charge in [-0.15, -0.1) is 10.2 Å². The largest absolute Gasteiger partial charge is 0.486 e. The molecule has 9 nitrogen and oxygen atoms in total. The van der Waals surface area contributed by atoms with Crippen LogP contribution in [0, 0.1) is 0 Å². The predicted molar refractivity (Wildman–Crippen MR) is 114 cm³/mol. The molecule has 0 saturated carbocycles. The van der Waals surface area contributed by atoms with E-state index in [4.69, 9.17) is 9.47 Å². The van der Waals surface area contributed by atoms with Gasteiger partial charge in [-0.1, -0.05) is 30.0 Å². The Balaban J connectivity index is 1.76. The van der Waals surface area contributed by atoms with Crippen molar-refractivity contribution in [3.05, 3.63) is 18.2 Å². The van der Waals surface area contributed by atoms with Crippen LogP contribution in [0.25, 0.3) is 0 Å². The number of nitrogens with zero attached hydrogens (tertiary/aromatic N) is 3. The fourth-order valence-corrected chi connectivity index (χ4v) is 5.24. The van der Waals surface area contributed by atoms with Gasteiger partial charge in [-0.2, -0.15) is 0 Å². The number of aromatic nitrogens is 2. The molecule has 158 valence electrons. The number of carbonyl (C=O) groups excluding carboxylic acids is 1. The zero-order valence-corrected chi connectivity index (χ0v) is 18.5. The van der Waals surface area contributed by atoms with Gasteiger partial charge in [0.15, 0.2) is 15.8 Å². The van der Waals surface area contributed by atoms with Gasteiger partial charge in [0.1, 0.15) is 19.8 Å². The zero-order valence-electron chi connectivity index (χ0n) is 16.1. The molecule has 0 atom stereocenters. The molecule has 0 fully saturated rings.